The molecular weight excluding hydrogens is 306 g/mol. The maximum Gasteiger partial charge on any atom is 0.267 e. The second-order valence-electron chi connectivity index (χ2n) is 4.44. The van der Waals surface area contributed by atoms with Crippen molar-refractivity contribution in [1.82, 2.24) is 9.55 Å². The van der Waals surface area contributed by atoms with Gasteiger partial charge in [0.15, 0.2) is 0 Å². The first kappa shape index (κ1) is 13.8. The predicted molar refractivity (Wildman–Crippen MR) is 80.6 cm³/mol. The third kappa shape index (κ3) is 3.44. The van der Waals surface area contributed by atoms with Gasteiger partial charge in [0.2, 0.25) is 0 Å². The molecule has 5 heteroatoms. The number of nitrogens with one attached hydrogen (secondary N) is 1. The highest BCUT2D eigenvalue weighted by Crippen LogP contribution is 2.09. The lowest BCUT2D eigenvalue weighted by atomic mass is 10.2. The van der Waals surface area contributed by atoms with E-state index in [0.29, 0.717) is 23.3 Å². The molecule has 0 unspecified atom stereocenters. The van der Waals surface area contributed by atoms with Crippen LogP contribution in [0.25, 0.3) is 0 Å². The minimum atomic E-state index is -0.0430. The third-order valence-corrected chi connectivity index (χ3v) is 3.77. The van der Waals surface area contributed by atoms with E-state index >= 15 is 0 Å². The predicted octanol–water partition coefficient (Wildman–Crippen LogP) is 2.73. The minimum absolute atomic E-state index is 0.0430. The van der Waals surface area contributed by atoms with Crippen molar-refractivity contribution in [2.45, 2.75) is 20.4 Å². The van der Waals surface area contributed by atoms with Crippen LogP contribution in [-0.2, 0) is 6.54 Å². The molecule has 0 aliphatic heterocycles. The quantitative estimate of drug-likeness (QED) is 0.941. The molecule has 1 N–H and O–H groups in total. The highest BCUT2D eigenvalue weighted by atomic mass is 79.9. The molecule has 19 heavy (non-hydrogen) atoms. The van der Waals surface area contributed by atoms with Crippen molar-refractivity contribution in [2.24, 2.45) is 0 Å². The number of benzene rings is 1. The molecule has 0 spiro atoms. The van der Waals surface area contributed by atoms with Crippen molar-refractivity contribution in [3.63, 3.8) is 0 Å². The summed E-state index contributed by atoms with van der Waals surface area (Å²) in [5.41, 5.74) is 2.94. The van der Waals surface area contributed by atoms with Gasteiger partial charge in [-0.25, -0.2) is 4.98 Å². The summed E-state index contributed by atoms with van der Waals surface area (Å²) >= 11 is 3.26. The number of rotatable bonds is 4. The maximum atomic E-state index is 11.9. The number of halogens is 1. The maximum absolute atomic E-state index is 11.9. The zero-order valence-corrected chi connectivity index (χ0v) is 12.6. The van der Waals surface area contributed by atoms with Gasteiger partial charge in [0.25, 0.3) is 5.56 Å². The molecule has 0 atom stereocenters. The summed E-state index contributed by atoms with van der Waals surface area (Å²) in [7, 11) is 0. The molecule has 0 saturated heterocycles. The Labute approximate surface area is 120 Å². The summed E-state index contributed by atoms with van der Waals surface area (Å²) in [4.78, 5) is 16.1. The zero-order valence-electron chi connectivity index (χ0n) is 11.0. The van der Waals surface area contributed by atoms with Gasteiger partial charge in [0, 0.05) is 18.8 Å². The fourth-order valence-corrected chi connectivity index (χ4v) is 2.11. The van der Waals surface area contributed by atoms with Gasteiger partial charge < -0.3 is 5.32 Å². The van der Waals surface area contributed by atoms with Gasteiger partial charge in [-0.3, -0.25) is 9.36 Å². The summed E-state index contributed by atoms with van der Waals surface area (Å²) < 4.78 is 2.13. The Morgan fingerprint density at radius 1 is 1.37 bits per heavy atom. The molecule has 1 aromatic heterocycles. The van der Waals surface area contributed by atoms with Crippen LogP contribution in [0.5, 0.6) is 0 Å². The van der Waals surface area contributed by atoms with E-state index in [1.807, 2.05) is 12.1 Å². The van der Waals surface area contributed by atoms with Crippen molar-refractivity contribution in [3.05, 3.63) is 56.7 Å². The van der Waals surface area contributed by atoms with E-state index in [1.165, 1.54) is 5.56 Å². The first-order valence-corrected chi connectivity index (χ1v) is 6.89. The lowest BCUT2D eigenvalue weighted by molar-refractivity contribution is 0.672. The van der Waals surface area contributed by atoms with Crippen LogP contribution >= 0.6 is 15.9 Å². The third-order valence-electron chi connectivity index (χ3n) is 2.86. The van der Waals surface area contributed by atoms with Gasteiger partial charge in [-0.2, -0.15) is 0 Å². The number of hydrogen-bond donors (Lipinski definition) is 1. The zero-order chi connectivity index (χ0) is 13.8. The van der Waals surface area contributed by atoms with Crippen LogP contribution in [0.4, 0.5) is 5.69 Å². The average Bonchev–Trinajstić information content (AvgIpc) is 2.39. The minimum Gasteiger partial charge on any atom is -0.383 e. The van der Waals surface area contributed by atoms with Gasteiger partial charge >= 0.3 is 0 Å². The Bertz CT molecular complexity index is 637. The van der Waals surface area contributed by atoms with E-state index in [0.717, 1.165) is 5.69 Å². The molecule has 1 aromatic carbocycles. The molecule has 0 saturated carbocycles. The van der Waals surface area contributed by atoms with E-state index < -0.39 is 0 Å². The first-order valence-electron chi connectivity index (χ1n) is 6.10. The summed E-state index contributed by atoms with van der Waals surface area (Å²) in [5, 5.41) is 3.29. The fourth-order valence-electron chi connectivity index (χ4n) is 1.78. The molecule has 0 amide bonds. The highest BCUT2D eigenvalue weighted by molar-refractivity contribution is 9.10. The van der Waals surface area contributed by atoms with E-state index in [4.69, 9.17) is 0 Å². The molecule has 2 aromatic rings. The lowest BCUT2D eigenvalue weighted by Gasteiger charge is -2.09. The summed E-state index contributed by atoms with van der Waals surface area (Å²) in [5.74, 6) is 0. The van der Waals surface area contributed by atoms with Gasteiger partial charge in [-0.05, 0) is 47.5 Å². The Hall–Kier alpha value is -1.62. The van der Waals surface area contributed by atoms with Crippen LogP contribution in [0.3, 0.4) is 0 Å². The number of anilines is 1. The Morgan fingerprint density at radius 2 is 2.16 bits per heavy atom. The molecule has 0 aliphatic rings. The summed E-state index contributed by atoms with van der Waals surface area (Å²) in [6.45, 7) is 5.12. The van der Waals surface area contributed by atoms with Gasteiger partial charge in [0.05, 0.1) is 12.0 Å². The van der Waals surface area contributed by atoms with Crippen molar-refractivity contribution in [3.8, 4) is 0 Å². The SMILES string of the molecule is Cc1cccc(NCCn2cnc(C)c(Br)c2=O)c1. The topological polar surface area (TPSA) is 46.9 Å². The molecule has 0 fully saturated rings. The largest absolute Gasteiger partial charge is 0.383 e. The highest BCUT2D eigenvalue weighted by Gasteiger charge is 2.04. The van der Waals surface area contributed by atoms with Crippen molar-refractivity contribution in [2.75, 3.05) is 11.9 Å². The van der Waals surface area contributed by atoms with Crippen molar-refractivity contribution >= 4 is 21.6 Å². The lowest BCUT2D eigenvalue weighted by Crippen LogP contribution is -2.25. The molecule has 0 aliphatic carbocycles. The molecule has 0 radical (unpaired) electrons. The molecule has 100 valence electrons. The van der Waals surface area contributed by atoms with E-state index in [1.54, 1.807) is 17.8 Å². The molecule has 1 heterocycles. The van der Waals surface area contributed by atoms with Crippen LogP contribution in [0.1, 0.15) is 11.3 Å². The number of nitrogens with zero attached hydrogens (tertiary/aromatic N) is 2. The number of aromatic nitrogens is 2. The van der Waals surface area contributed by atoms with Crippen LogP contribution < -0.4 is 10.9 Å². The fraction of sp³-hybridized carbons (Fsp3) is 0.286. The van der Waals surface area contributed by atoms with Crippen molar-refractivity contribution in [1.29, 1.82) is 0 Å². The normalized spacial score (nSPS) is 10.5. The van der Waals surface area contributed by atoms with Gasteiger partial charge in [-0.15, -0.1) is 0 Å². The summed E-state index contributed by atoms with van der Waals surface area (Å²) in [6, 6.07) is 8.15. The Kier molecular flexibility index (Phi) is 4.37. The van der Waals surface area contributed by atoms with Gasteiger partial charge in [0.1, 0.15) is 4.47 Å². The van der Waals surface area contributed by atoms with E-state index in [2.05, 4.69) is 45.3 Å². The molecule has 4 nitrogen and oxygen atoms in total. The standard InChI is InChI=1S/C14H16BrN3O/c1-10-4-3-5-12(8-10)16-6-7-18-9-17-11(2)13(15)14(18)19/h3-5,8-9,16H,6-7H2,1-2H3. The molecular formula is C14H16BrN3O. The second-order valence-corrected chi connectivity index (χ2v) is 5.23. The first-order chi connectivity index (χ1) is 9.08. The second kappa shape index (κ2) is 6.02. The van der Waals surface area contributed by atoms with Gasteiger partial charge in [-0.1, -0.05) is 12.1 Å². The Balaban J connectivity index is 2.00. The van der Waals surface area contributed by atoms with Crippen LogP contribution in [0.2, 0.25) is 0 Å². The Morgan fingerprint density at radius 3 is 2.89 bits per heavy atom. The van der Waals surface area contributed by atoms with E-state index in [-0.39, 0.29) is 5.56 Å². The average molecular weight is 322 g/mol. The molecule has 0 bridgehead atoms. The smallest absolute Gasteiger partial charge is 0.267 e. The van der Waals surface area contributed by atoms with Crippen molar-refractivity contribution < 1.29 is 0 Å². The van der Waals surface area contributed by atoms with Crippen LogP contribution in [0, 0.1) is 13.8 Å². The number of hydrogen-bond acceptors (Lipinski definition) is 3. The molecule has 2 rings (SSSR count). The summed E-state index contributed by atoms with van der Waals surface area (Å²) in [6.07, 6.45) is 1.58. The number of aryl methyl sites for hydroxylation is 2. The van der Waals surface area contributed by atoms with Crippen LogP contribution in [-0.4, -0.2) is 16.1 Å². The van der Waals surface area contributed by atoms with Crippen LogP contribution in [0.15, 0.2) is 39.9 Å². The monoisotopic (exact) mass is 321 g/mol. The van der Waals surface area contributed by atoms with E-state index in [9.17, 15) is 4.79 Å².